The van der Waals surface area contributed by atoms with Crippen molar-refractivity contribution in [3.63, 3.8) is 0 Å². The van der Waals surface area contributed by atoms with E-state index >= 15 is 0 Å². The topological polar surface area (TPSA) is 112 Å². The van der Waals surface area contributed by atoms with Crippen LogP contribution in [0.2, 0.25) is 0 Å². The van der Waals surface area contributed by atoms with Gasteiger partial charge in [-0.15, -0.1) is 5.10 Å². The first kappa shape index (κ1) is 18.1. The maximum atomic E-state index is 11.8. The molecule has 1 atom stereocenters. The van der Waals surface area contributed by atoms with E-state index in [1.165, 1.54) is 25.3 Å². The highest BCUT2D eigenvalue weighted by molar-refractivity contribution is 5.95. The van der Waals surface area contributed by atoms with Crippen molar-refractivity contribution in [3.05, 3.63) is 76.1 Å². The van der Waals surface area contributed by atoms with E-state index in [-0.39, 0.29) is 17.3 Å². The molecule has 1 aromatic heterocycles. The third-order valence-electron chi connectivity index (χ3n) is 3.96. The Bertz CT molecular complexity index is 971. The van der Waals surface area contributed by atoms with Crippen LogP contribution >= 0.6 is 0 Å². The average molecular weight is 367 g/mol. The number of hydrogen-bond donors (Lipinski definition) is 1. The Balaban J connectivity index is 1.82. The molecule has 138 valence electrons. The normalized spacial score (nSPS) is 11.6. The predicted octanol–water partition coefficient (Wildman–Crippen LogP) is 3.14. The van der Waals surface area contributed by atoms with Crippen LogP contribution < -0.4 is 5.32 Å². The van der Waals surface area contributed by atoms with Crippen LogP contribution in [0, 0.1) is 10.1 Å². The van der Waals surface area contributed by atoms with Crippen LogP contribution in [0.1, 0.15) is 29.0 Å². The Morgan fingerprint density at radius 3 is 2.67 bits per heavy atom. The van der Waals surface area contributed by atoms with Gasteiger partial charge < -0.3 is 10.1 Å². The second-order valence-corrected chi connectivity index (χ2v) is 5.77. The number of nitro groups is 1. The largest absolute Gasteiger partial charge is 0.465 e. The number of esters is 1. The van der Waals surface area contributed by atoms with Crippen LogP contribution in [-0.2, 0) is 4.74 Å². The molecule has 1 unspecified atom stereocenters. The van der Waals surface area contributed by atoms with Gasteiger partial charge in [0.05, 0.1) is 30.0 Å². The third-order valence-corrected chi connectivity index (χ3v) is 3.96. The number of nitro benzene ring substituents is 1. The molecule has 0 saturated carbocycles. The Hall–Kier alpha value is -3.75. The van der Waals surface area contributed by atoms with Crippen molar-refractivity contribution in [2.24, 2.45) is 0 Å². The zero-order chi connectivity index (χ0) is 19.4. The molecule has 3 aromatic rings. The lowest BCUT2D eigenvalue weighted by Crippen LogP contribution is -2.10. The zero-order valence-electron chi connectivity index (χ0n) is 14.7. The zero-order valence-corrected chi connectivity index (χ0v) is 14.7. The summed E-state index contributed by atoms with van der Waals surface area (Å²) in [6.07, 6.45) is 1.79. The van der Waals surface area contributed by atoms with E-state index in [0.717, 1.165) is 5.69 Å². The first-order valence-corrected chi connectivity index (χ1v) is 8.10. The quantitative estimate of drug-likeness (QED) is 0.404. The molecule has 1 N–H and O–H groups in total. The molecule has 0 bridgehead atoms. The van der Waals surface area contributed by atoms with Gasteiger partial charge in [0.2, 0.25) is 0 Å². The molecule has 0 fully saturated rings. The molecule has 0 aliphatic carbocycles. The van der Waals surface area contributed by atoms with E-state index in [1.54, 1.807) is 10.9 Å². The molecule has 9 nitrogen and oxygen atoms in total. The van der Waals surface area contributed by atoms with Gasteiger partial charge in [-0.1, -0.05) is 23.4 Å². The summed E-state index contributed by atoms with van der Waals surface area (Å²) in [6.45, 7) is 1.87. The van der Waals surface area contributed by atoms with Gasteiger partial charge in [0.25, 0.3) is 5.69 Å². The number of benzene rings is 2. The van der Waals surface area contributed by atoms with Crippen LogP contribution in [0.3, 0.4) is 0 Å². The number of nitrogens with one attached hydrogen (secondary N) is 1. The number of methoxy groups -OCH3 is 1. The number of carbonyl (C=O) groups is 1. The number of nitrogens with zero attached hydrogens (tertiary/aromatic N) is 4. The summed E-state index contributed by atoms with van der Waals surface area (Å²) in [5.74, 6) is -0.770. The molecular weight excluding hydrogens is 350 g/mol. The predicted molar refractivity (Wildman–Crippen MR) is 97.8 cm³/mol. The Morgan fingerprint density at radius 2 is 2.00 bits per heavy atom. The highest BCUT2D eigenvalue weighted by Gasteiger charge is 2.22. The number of ether oxygens (including phenoxy) is 1. The molecule has 27 heavy (non-hydrogen) atoms. The molecule has 0 saturated heterocycles. The van der Waals surface area contributed by atoms with E-state index in [9.17, 15) is 14.9 Å². The van der Waals surface area contributed by atoms with Crippen molar-refractivity contribution in [2.45, 2.75) is 13.0 Å². The molecule has 3 rings (SSSR count). The smallest absolute Gasteiger partial charge is 0.344 e. The SMILES string of the molecule is COC(=O)c1cc(NC(C)c2cn(-c3ccccc3)nn2)ccc1[N+](=O)[O-]. The molecule has 0 radical (unpaired) electrons. The first-order valence-electron chi connectivity index (χ1n) is 8.10. The lowest BCUT2D eigenvalue weighted by molar-refractivity contribution is -0.385. The molecule has 0 aliphatic heterocycles. The Labute approximate surface area is 154 Å². The van der Waals surface area contributed by atoms with Crippen LogP contribution in [0.4, 0.5) is 11.4 Å². The van der Waals surface area contributed by atoms with Crippen molar-refractivity contribution in [3.8, 4) is 5.69 Å². The van der Waals surface area contributed by atoms with Crippen molar-refractivity contribution < 1.29 is 14.5 Å². The monoisotopic (exact) mass is 367 g/mol. The van der Waals surface area contributed by atoms with Gasteiger partial charge in [-0.05, 0) is 31.2 Å². The van der Waals surface area contributed by atoms with Crippen LogP contribution in [0.25, 0.3) is 5.69 Å². The minimum absolute atomic E-state index is 0.118. The van der Waals surface area contributed by atoms with Gasteiger partial charge in [0.15, 0.2) is 0 Å². The Kier molecular flexibility index (Phi) is 5.11. The standard InChI is InChI=1S/C18H17N5O4/c1-12(16-11-22(21-20-16)14-6-4-3-5-7-14)19-13-8-9-17(23(25)26)15(10-13)18(24)27-2/h3-12,19H,1-2H3. The molecule has 2 aromatic carbocycles. The van der Waals surface area contributed by atoms with Crippen molar-refractivity contribution in [2.75, 3.05) is 12.4 Å². The lowest BCUT2D eigenvalue weighted by atomic mass is 10.1. The summed E-state index contributed by atoms with van der Waals surface area (Å²) >= 11 is 0. The molecular formula is C18H17N5O4. The lowest BCUT2D eigenvalue weighted by Gasteiger charge is -2.13. The van der Waals surface area contributed by atoms with Crippen molar-refractivity contribution in [1.29, 1.82) is 0 Å². The summed E-state index contributed by atoms with van der Waals surface area (Å²) in [7, 11) is 1.18. The number of hydrogen-bond acceptors (Lipinski definition) is 7. The summed E-state index contributed by atoms with van der Waals surface area (Å²) < 4.78 is 6.28. The molecule has 1 heterocycles. The van der Waals surface area contributed by atoms with E-state index in [0.29, 0.717) is 11.4 Å². The number of para-hydroxylation sites is 1. The van der Waals surface area contributed by atoms with E-state index in [4.69, 9.17) is 0 Å². The second-order valence-electron chi connectivity index (χ2n) is 5.77. The van der Waals surface area contributed by atoms with E-state index < -0.39 is 10.9 Å². The summed E-state index contributed by atoms with van der Waals surface area (Å²) in [5.41, 5.74) is 1.66. The van der Waals surface area contributed by atoms with Gasteiger partial charge in [0, 0.05) is 11.8 Å². The van der Waals surface area contributed by atoms with Crippen LogP contribution in [-0.4, -0.2) is 33.0 Å². The number of aromatic nitrogens is 3. The fourth-order valence-electron chi connectivity index (χ4n) is 2.56. The van der Waals surface area contributed by atoms with Gasteiger partial charge in [-0.2, -0.15) is 0 Å². The highest BCUT2D eigenvalue weighted by atomic mass is 16.6. The fourth-order valence-corrected chi connectivity index (χ4v) is 2.56. The van der Waals surface area contributed by atoms with E-state index in [1.807, 2.05) is 37.3 Å². The van der Waals surface area contributed by atoms with E-state index in [2.05, 4.69) is 20.4 Å². The van der Waals surface area contributed by atoms with Crippen molar-refractivity contribution in [1.82, 2.24) is 15.0 Å². The maximum absolute atomic E-state index is 11.8. The van der Waals surface area contributed by atoms with Gasteiger partial charge in [-0.25, -0.2) is 9.48 Å². The number of anilines is 1. The molecule has 0 amide bonds. The van der Waals surface area contributed by atoms with Crippen LogP contribution in [0.15, 0.2) is 54.7 Å². The average Bonchev–Trinajstić information content (AvgIpc) is 3.18. The maximum Gasteiger partial charge on any atom is 0.344 e. The van der Waals surface area contributed by atoms with Gasteiger partial charge in [-0.3, -0.25) is 10.1 Å². The minimum Gasteiger partial charge on any atom is -0.465 e. The Morgan fingerprint density at radius 1 is 1.26 bits per heavy atom. The first-order chi connectivity index (χ1) is 13.0. The summed E-state index contributed by atoms with van der Waals surface area (Å²) in [5, 5.41) is 22.5. The molecule has 0 aliphatic rings. The fraction of sp³-hybridized carbons (Fsp3) is 0.167. The van der Waals surface area contributed by atoms with Gasteiger partial charge in [0.1, 0.15) is 11.3 Å². The highest BCUT2D eigenvalue weighted by Crippen LogP contribution is 2.26. The molecule has 0 spiro atoms. The molecule has 9 heteroatoms. The second kappa shape index (κ2) is 7.65. The number of rotatable bonds is 6. The van der Waals surface area contributed by atoms with Gasteiger partial charge >= 0.3 is 5.97 Å². The summed E-state index contributed by atoms with van der Waals surface area (Å²) in [4.78, 5) is 22.3. The number of carbonyl (C=O) groups excluding carboxylic acids is 1. The summed E-state index contributed by atoms with van der Waals surface area (Å²) in [6, 6.07) is 13.5. The third kappa shape index (κ3) is 3.92. The minimum atomic E-state index is -0.770. The van der Waals surface area contributed by atoms with Crippen molar-refractivity contribution >= 4 is 17.3 Å². The van der Waals surface area contributed by atoms with Crippen LogP contribution in [0.5, 0.6) is 0 Å².